The molecule has 4 rings (SSSR count). The Morgan fingerprint density at radius 3 is 1.38 bits per heavy atom. The van der Waals surface area contributed by atoms with Crippen LogP contribution >= 0.6 is 0 Å². The first-order chi connectivity index (χ1) is 41.2. The van der Waals surface area contributed by atoms with Crippen molar-refractivity contribution in [1.29, 1.82) is 0 Å². The van der Waals surface area contributed by atoms with Crippen LogP contribution in [-0.4, -0.2) is 144 Å². The van der Waals surface area contributed by atoms with E-state index in [1.165, 1.54) is 13.8 Å². The molecule has 0 saturated heterocycles. The van der Waals surface area contributed by atoms with Gasteiger partial charge in [0, 0.05) is 55.6 Å². The number of aromatic amines is 1. The number of esters is 2. The van der Waals surface area contributed by atoms with Gasteiger partial charge in [0.05, 0.1) is 12.0 Å². The first kappa shape index (κ1) is 83.6. The smallest absolute Gasteiger partial charge is 0.548 e. The number of hydrogen-bond acceptors (Lipinski definition) is 18. The second-order valence-corrected chi connectivity index (χ2v) is 21.3. The summed E-state index contributed by atoms with van der Waals surface area (Å²) in [4.78, 5) is 136. The minimum Gasteiger partial charge on any atom is -0.548 e. The van der Waals surface area contributed by atoms with Crippen molar-refractivity contribution in [3.8, 4) is 0 Å². The maximum absolute atomic E-state index is 12.2. The second-order valence-electron chi connectivity index (χ2n) is 21.3. The fraction of sp³-hybridized carbons (Fsp3) is 0.458. The number of ketones is 2. The van der Waals surface area contributed by atoms with Crippen LogP contribution in [0.4, 0.5) is 22.8 Å². The van der Waals surface area contributed by atoms with Crippen molar-refractivity contribution in [3.05, 3.63) is 108 Å². The molecule has 0 fully saturated rings. The van der Waals surface area contributed by atoms with E-state index in [1.54, 1.807) is 59.9 Å². The van der Waals surface area contributed by atoms with E-state index in [2.05, 4.69) is 26.7 Å². The fourth-order valence-electron chi connectivity index (χ4n) is 6.56. The molecule has 13 N–H and O–H groups in total. The molecular formula is C59H79F3N6NaO21+. The minimum absolute atomic E-state index is 0. The van der Waals surface area contributed by atoms with Gasteiger partial charge in [0.1, 0.15) is 54.1 Å². The third kappa shape index (κ3) is 40.9. The molecule has 0 bridgehead atoms. The number of fused-ring (bicyclic) bond motifs is 1. The number of aromatic nitrogens is 1. The topological polar surface area (TPSA) is 451 Å². The summed E-state index contributed by atoms with van der Waals surface area (Å²) in [5.41, 5.74) is 10.4. The van der Waals surface area contributed by atoms with Crippen LogP contribution < -0.4 is 62.1 Å². The molecule has 1 aromatic heterocycles. The molecule has 492 valence electrons. The van der Waals surface area contributed by atoms with Gasteiger partial charge < -0.3 is 91.3 Å². The van der Waals surface area contributed by atoms with E-state index in [-0.39, 0.29) is 112 Å². The van der Waals surface area contributed by atoms with Crippen molar-refractivity contribution >= 4 is 82.3 Å². The van der Waals surface area contributed by atoms with E-state index in [0.29, 0.717) is 0 Å². The largest absolute Gasteiger partial charge is 1.00 e. The summed E-state index contributed by atoms with van der Waals surface area (Å²) in [6.07, 6.45) is -4.45. The number of carbonyl (C=O) groups excluding carboxylic acids is 8. The molecule has 0 saturated carbocycles. The number of amides is 3. The Hall–Kier alpha value is -8.45. The number of carbonyl (C=O) groups is 12. The number of Topliss-reactive ketones (excluding diaryl/α,β-unsaturated/α-hetero) is 2. The van der Waals surface area contributed by atoms with Crippen LogP contribution in [0.2, 0.25) is 0 Å². The average molecular weight is 1290 g/mol. The molecule has 31 heteroatoms. The summed E-state index contributed by atoms with van der Waals surface area (Å²) < 4.78 is 52.3. The van der Waals surface area contributed by atoms with Crippen molar-refractivity contribution in [2.45, 2.75) is 174 Å². The number of quaternary nitrogens is 1. The number of ether oxygens (including phenoxy) is 4. The Bertz CT molecular complexity index is 2850. The van der Waals surface area contributed by atoms with Crippen molar-refractivity contribution in [3.63, 3.8) is 0 Å². The third-order valence-corrected chi connectivity index (χ3v) is 11.0. The predicted octanol–water partition coefficient (Wildman–Crippen LogP) is 1.31. The van der Waals surface area contributed by atoms with Crippen LogP contribution in [0, 0.1) is 0 Å². The summed E-state index contributed by atoms with van der Waals surface area (Å²) in [7, 11) is 0. The molecule has 0 radical (unpaired) electrons. The van der Waals surface area contributed by atoms with Gasteiger partial charge in [-0.05, 0) is 97.4 Å². The quantitative estimate of drug-likeness (QED) is 0.0241. The van der Waals surface area contributed by atoms with Gasteiger partial charge in [0.15, 0.2) is 6.04 Å². The molecule has 0 spiro atoms. The molecule has 90 heavy (non-hydrogen) atoms. The number of nitrogens with two attached hydrogens (primary N) is 1. The van der Waals surface area contributed by atoms with Gasteiger partial charge in [-0.1, -0.05) is 78.9 Å². The molecule has 1 heterocycles. The van der Waals surface area contributed by atoms with Gasteiger partial charge in [-0.3, -0.25) is 14.4 Å². The zero-order chi connectivity index (χ0) is 68.2. The number of carboxylic acid groups (broad SMARTS) is 5. The van der Waals surface area contributed by atoms with Crippen molar-refractivity contribution in [2.75, 3.05) is 0 Å². The van der Waals surface area contributed by atoms with Crippen molar-refractivity contribution < 1.29 is 150 Å². The summed E-state index contributed by atoms with van der Waals surface area (Å²) in [5, 5.41) is 52.3. The monoisotopic (exact) mass is 1290 g/mol. The Kier molecular flexibility index (Phi) is 39.5. The number of rotatable bonds is 26. The molecule has 3 amide bonds. The summed E-state index contributed by atoms with van der Waals surface area (Å²) in [5.74, 6) is -9.30. The van der Waals surface area contributed by atoms with E-state index < -0.39 is 107 Å². The van der Waals surface area contributed by atoms with Gasteiger partial charge in [0.25, 0.3) is 0 Å². The number of hydrogen-bond donors (Lipinski definition) is 10. The summed E-state index contributed by atoms with van der Waals surface area (Å²) >= 11 is 0. The zero-order valence-corrected chi connectivity index (χ0v) is 53.5. The molecule has 0 aliphatic rings. The predicted molar refractivity (Wildman–Crippen MR) is 307 cm³/mol. The number of aliphatic carboxylic acids is 5. The average Bonchev–Trinajstić information content (AvgIpc) is 1.74. The van der Waals surface area contributed by atoms with E-state index in [9.17, 15) is 71.0 Å². The standard InChI is InChI=1S/C18H25NO5.C17H23NO6.C16H19N3O5.C6H11NO3.C2HF3O2.Na/c1-13(20)10-11-15(19-17(22)24-18(2,3)4)16(21)23-12-14-8-6-5-7-9-14;1-17(2,3)24-16(22)18-13(9-10-14(19)20)15(21)23-11-12-7-5-4-6-8-12;17-11(15(21)22)5-6-14(20)19-13(16(23)24)7-9-8-18-12-4-2-1-3-10(9)12;1-4(8)2-3-5(7)6(9)10;3-2(4,5)1(6)7;/h5-9,15H,10-12H2,1-4H3,(H,19,22);4-8,13H,9-11H2,1-3H3,(H,18,22)(H,19,20);1-4,8,11,13,18H,5-7,17H2,(H,19,20)(H,21,22)(H,23,24);5H,2-3,7H2,1H3,(H,9,10);(H,6,7);/q;;;;;+1/t15-;13-;11-,13-;5-;;/m0000../s1. The first-order valence-corrected chi connectivity index (χ1v) is 27.2. The molecule has 0 aliphatic heterocycles. The number of alkyl halides is 3. The Balaban J connectivity index is 0. The van der Waals surface area contributed by atoms with E-state index in [4.69, 9.17) is 49.9 Å². The molecular weight excluding hydrogens is 1210 g/mol. The van der Waals surface area contributed by atoms with Crippen LogP contribution in [0.1, 0.15) is 123 Å². The minimum atomic E-state index is -5.08. The van der Waals surface area contributed by atoms with Crippen LogP contribution in [0.25, 0.3) is 10.9 Å². The number of halogens is 3. The first-order valence-electron chi connectivity index (χ1n) is 27.2. The number of benzene rings is 3. The van der Waals surface area contributed by atoms with Crippen molar-refractivity contribution in [1.82, 2.24) is 20.9 Å². The Morgan fingerprint density at radius 2 is 1.00 bits per heavy atom. The molecule has 27 nitrogen and oxygen atoms in total. The van der Waals surface area contributed by atoms with Crippen LogP contribution in [0.5, 0.6) is 0 Å². The number of H-pyrrole nitrogens is 1. The van der Waals surface area contributed by atoms with Gasteiger partial charge >= 0.3 is 83.7 Å². The second kappa shape index (κ2) is 42.5. The summed E-state index contributed by atoms with van der Waals surface area (Å²) in [6, 6.07) is 20.7. The summed E-state index contributed by atoms with van der Waals surface area (Å²) in [6.45, 7) is 13.2. The van der Waals surface area contributed by atoms with E-state index in [0.717, 1.165) is 27.6 Å². The van der Waals surface area contributed by atoms with Gasteiger partial charge in [-0.2, -0.15) is 13.2 Å². The number of para-hydroxylation sites is 1. The van der Waals surface area contributed by atoms with Gasteiger partial charge in [-0.25, -0.2) is 28.8 Å². The Labute approximate surface area is 538 Å². The van der Waals surface area contributed by atoms with Gasteiger partial charge in [0.2, 0.25) is 5.91 Å². The molecule has 5 atom stereocenters. The molecule has 0 unspecified atom stereocenters. The maximum Gasteiger partial charge on any atom is 1.00 e. The molecule has 4 aromatic rings. The maximum atomic E-state index is 12.2. The van der Waals surface area contributed by atoms with Crippen molar-refractivity contribution in [2.24, 2.45) is 5.73 Å². The number of alkyl carbamates (subject to hydrolysis) is 2. The van der Waals surface area contributed by atoms with Gasteiger partial charge in [-0.15, -0.1) is 0 Å². The zero-order valence-electron chi connectivity index (χ0n) is 51.5. The Morgan fingerprint density at radius 1 is 0.589 bits per heavy atom. The van der Waals surface area contributed by atoms with E-state index in [1.807, 2.05) is 72.8 Å². The van der Waals surface area contributed by atoms with Crippen LogP contribution in [0.3, 0.4) is 0 Å². The number of carboxylic acids is 5. The third-order valence-electron chi connectivity index (χ3n) is 11.0. The SMILES string of the molecule is CC(=O)CC[C@H](N)C(=O)O.CC(=O)CC[C@H](NC(=O)OC(C)(C)C)C(=O)OCc1ccccc1.CC(C)(C)OC(=O)N[C@@H](CCC(=O)O)C(=O)OCc1ccccc1.O=C(O)C(F)(F)F.[NH3+][C@@H](CCC(=O)N[C@@H](Cc1c[nH]c2ccccc12)C(=O)[O-])C(=O)O.[Na+]. The van der Waals surface area contributed by atoms with Crippen LogP contribution in [0.15, 0.2) is 91.1 Å². The fourth-order valence-corrected chi connectivity index (χ4v) is 6.56. The van der Waals surface area contributed by atoms with Crippen LogP contribution in [-0.2, 0) is 86.5 Å². The molecule has 3 aromatic carbocycles. The van der Waals surface area contributed by atoms with E-state index >= 15 is 0 Å². The normalized spacial score (nSPS) is 12.3. The molecule has 0 aliphatic carbocycles. The number of nitrogens with one attached hydrogen (secondary N) is 4.